The van der Waals surface area contributed by atoms with Crippen molar-refractivity contribution in [2.24, 2.45) is 10.2 Å². The zero-order valence-corrected chi connectivity index (χ0v) is 4.39. The lowest BCUT2D eigenvalue weighted by Gasteiger charge is -1.90. The fourth-order valence-electron chi connectivity index (χ4n) is 0.402. The lowest BCUT2D eigenvalue weighted by atomic mass is 10.5. The number of hydrogen-bond acceptors (Lipinski definition) is 3. The van der Waals surface area contributed by atoms with Gasteiger partial charge in [0.15, 0.2) is 6.17 Å². The summed E-state index contributed by atoms with van der Waals surface area (Å²) in [5, 5.41) is 10.5. The van der Waals surface area contributed by atoms with Gasteiger partial charge in [-0.05, 0) is 6.54 Å². The molecule has 0 aromatic heterocycles. The van der Waals surface area contributed by atoms with Gasteiger partial charge >= 0.3 is 0 Å². The Kier molecular flexibility index (Phi) is 1.36. The average Bonchev–Trinajstić information content (AvgIpc) is 2.42. The molecule has 1 aliphatic rings. The van der Waals surface area contributed by atoms with Crippen molar-refractivity contribution >= 4 is 0 Å². The van der Waals surface area contributed by atoms with E-state index in [9.17, 15) is 0 Å². The number of rotatable bonds is 3. The maximum atomic E-state index is 3.70. The van der Waals surface area contributed by atoms with Crippen LogP contribution in [0.4, 0.5) is 0 Å². The van der Waals surface area contributed by atoms with E-state index in [1.807, 2.05) is 0 Å². The average molecular weight is 99.1 g/mol. The smallest absolute Gasteiger partial charge is 0.193 e. The molecule has 0 unspecified atom stereocenters. The van der Waals surface area contributed by atoms with Crippen LogP contribution in [0.15, 0.2) is 10.2 Å². The van der Waals surface area contributed by atoms with E-state index in [1.54, 1.807) is 0 Å². The van der Waals surface area contributed by atoms with Gasteiger partial charge in [0, 0.05) is 6.54 Å². The molecule has 7 heavy (non-hydrogen) atoms. The van der Waals surface area contributed by atoms with E-state index in [0.717, 1.165) is 13.1 Å². The molecule has 0 saturated carbocycles. The van der Waals surface area contributed by atoms with Gasteiger partial charge in [0.25, 0.3) is 0 Å². The highest BCUT2D eigenvalue weighted by Crippen LogP contribution is 2.06. The molecule has 0 spiro atoms. The predicted molar refractivity (Wildman–Crippen MR) is 27.2 cm³/mol. The molecule has 40 valence electrons. The van der Waals surface area contributed by atoms with Crippen molar-refractivity contribution in [3.63, 3.8) is 0 Å². The zero-order valence-electron chi connectivity index (χ0n) is 4.39. The monoisotopic (exact) mass is 99.1 g/mol. The summed E-state index contributed by atoms with van der Waals surface area (Å²) in [6.45, 7) is 4.01. The molecule has 3 heteroatoms. The molecule has 0 bridgehead atoms. The van der Waals surface area contributed by atoms with Crippen molar-refractivity contribution < 1.29 is 0 Å². The maximum Gasteiger partial charge on any atom is 0.193 e. The van der Waals surface area contributed by atoms with Gasteiger partial charge < -0.3 is 5.32 Å². The molecule has 0 saturated heterocycles. The molecular weight excluding hydrogens is 90.1 g/mol. The summed E-state index contributed by atoms with van der Waals surface area (Å²) in [4.78, 5) is 0. The minimum atomic E-state index is 0.292. The van der Waals surface area contributed by atoms with Crippen LogP contribution in [0.1, 0.15) is 6.92 Å². The Labute approximate surface area is 42.8 Å². The van der Waals surface area contributed by atoms with Gasteiger partial charge in [0.05, 0.1) is 0 Å². The highest BCUT2D eigenvalue weighted by Gasteiger charge is 2.12. The molecule has 0 atom stereocenters. The van der Waals surface area contributed by atoms with Crippen molar-refractivity contribution in [3.8, 4) is 0 Å². The second kappa shape index (κ2) is 2.02. The molecule has 0 amide bonds. The van der Waals surface area contributed by atoms with Gasteiger partial charge in [-0.25, -0.2) is 0 Å². The molecule has 3 nitrogen and oxygen atoms in total. The van der Waals surface area contributed by atoms with Crippen molar-refractivity contribution in [1.82, 2.24) is 5.32 Å². The fourth-order valence-corrected chi connectivity index (χ4v) is 0.402. The SMILES string of the molecule is CCNCC1N=N1. The van der Waals surface area contributed by atoms with Gasteiger partial charge in [-0.2, -0.15) is 10.2 Å². The minimum Gasteiger partial charge on any atom is -0.313 e. The number of hydrogen-bond donors (Lipinski definition) is 1. The van der Waals surface area contributed by atoms with Crippen LogP contribution in [0.5, 0.6) is 0 Å². The summed E-state index contributed by atoms with van der Waals surface area (Å²) in [5.74, 6) is 0. The van der Waals surface area contributed by atoms with Crippen LogP contribution in [0.3, 0.4) is 0 Å². The molecular formula is C4H9N3. The van der Waals surface area contributed by atoms with Gasteiger partial charge in [0.1, 0.15) is 0 Å². The third-order valence-electron chi connectivity index (χ3n) is 0.856. The highest BCUT2D eigenvalue weighted by molar-refractivity contribution is 4.71. The van der Waals surface area contributed by atoms with Crippen LogP contribution >= 0.6 is 0 Å². The third kappa shape index (κ3) is 1.64. The molecule has 1 N–H and O–H groups in total. The second-order valence-corrected chi connectivity index (χ2v) is 1.52. The van der Waals surface area contributed by atoms with E-state index < -0.39 is 0 Å². The third-order valence-corrected chi connectivity index (χ3v) is 0.856. The van der Waals surface area contributed by atoms with E-state index >= 15 is 0 Å². The van der Waals surface area contributed by atoms with Crippen LogP contribution in [0, 0.1) is 0 Å². The molecule has 1 heterocycles. The van der Waals surface area contributed by atoms with Crippen LogP contribution < -0.4 is 5.32 Å². The Morgan fingerprint density at radius 1 is 1.57 bits per heavy atom. The number of likely N-dealkylation sites (N-methyl/N-ethyl adjacent to an activating group) is 1. The second-order valence-electron chi connectivity index (χ2n) is 1.52. The Morgan fingerprint density at radius 3 is 2.71 bits per heavy atom. The van der Waals surface area contributed by atoms with Crippen LogP contribution in [-0.2, 0) is 0 Å². The van der Waals surface area contributed by atoms with E-state index in [0.29, 0.717) is 6.17 Å². The largest absolute Gasteiger partial charge is 0.313 e. The summed E-state index contributed by atoms with van der Waals surface area (Å²) < 4.78 is 0. The molecule has 0 fully saturated rings. The van der Waals surface area contributed by atoms with E-state index in [4.69, 9.17) is 0 Å². The quantitative estimate of drug-likeness (QED) is 0.546. The molecule has 1 rings (SSSR count). The highest BCUT2D eigenvalue weighted by atomic mass is 15.4. The van der Waals surface area contributed by atoms with Crippen molar-refractivity contribution in [1.29, 1.82) is 0 Å². The van der Waals surface area contributed by atoms with E-state index in [1.165, 1.54) is 0 Å². The summed E-state index contributed by atoms with van der Waals surface area (Å²) in [5.41, 5.74) is 0. The van der Waals surface area contributed by atoms with Crippen molar-refractivity contribution in [2.45, 2.75) is 13.1 Å². The topological polar surface area (TPSA) is 36.8 Å². The summed E-state index contributed by atoms with van der Waals surface area (Å²) in [6.07, 6.45) is 0.292. The zero-order chi connectivity index (χ0) is 5.11. The summed E-state index contributed by atoms with van der Waals surface area (Å²) >= 11 is 0. The maximum absolute atomic E-state index is 3.70. The first-order valence-corrected chi connectivity index (χ1v) is 2.54. The number of nitrogens with one attached hydrogen (secondary N) is 1. The van der Waals surface area contributed by atoms with Crippen molar-refractivity contribution in [2.75, 3.05) is 13.1 Å². The Morgan fingerprint density at radius 2 is 2.29 bits per heavy atom. The number of nitrogens with zero attached hydrogens (tertiary/aromatic N) is 2. The van der Waals surface area contributed by atoms with Crippen molar-refractivity contribution in [3.05, 3.63) is 0 Å². The molecule has 0 aliphatic carbocycles. The van der Waals surface area contributed by atoms with Gasteiger partial charge in [-0.15, -0.1) is 0 Å². The summed E-state index contributed by atoms with van der Waals surface area (Å²) in [6, 6.07) is 0. The van der Waals surface area contributed by atoms with Crippen LogP contribution in [-0.4, -0.2) is 19.3 Å². The van der Waals surface area contributed by atoms with Gasteiger partial charge in [-0.1, -0.05) is 6.92 Å². The van der Waals surface area contributed by atoms with E-state index in [2.05, 4.69) is 22.5 Å². The standard InChI is InChI=1S/C4H9N3/c1-2-5-3-4-6-7-4/h4-5H,2-3H2,1H3. The minimum absolute atomic E-state index is 0.292. The van der Waals surface area contributed by atoms with Crippen LogP contribution in [0.25, 0.3) is 0 Å². The Hall–Kier alpha value is -0.440. The van der Waals surface area contributed by atoms with E-state index in [-0.39, 0.29) is 0 Å². The summed E-state index contributed by atoms with van der Waals surface area (Å²) in [7, 11) is 0. The first kappa shape index (κ1) is 4.71. The molecule has 0 aromatic carbocycles. The van der Waals surface area contributed by atoms with Gasteiger partial charge in [-0.3, -0.25) is 0 Å². The molecule has 1 aliphatic heterocycles. The van der Waals surface area contributed by atoms with Gasteiger partial charge in [0.2, 0.25) is 0 Å². The lowest BCUT2D eigenvalue weighted by molar-refractivity contribution is 0.697. The van der Waals surface area contributed by atoms with Crippen LogP contribution in [0.2, 0.25) is 0 Å². The normalized spacial score (nSPS) is 17.9. The molecule has 0 aromatic rings. The molecule has 0 radical (unpaired) electrons. The Balaban J connectivity index is 1.81. The Bertz CT molecular complexity index is 73.0. The fraction of sp³-hybridized carbons (Fsp3) is 1.00. The first-order valence-electron chi connectivity index (χ1n) is 2.54. The lowest BCUT2D eigenvalue weighted by Crippen LogP contribution is -2.18. The first-order chi connectivity index (χ1) is 3.43. The predicted octanol–water partition coefficient (Wildman–Crippen LogP) is 0.388.